The molecule has 2 aromatic carbocycles. The minimum Gasteiger partial charge on any atom is -0.508 e. The van der Waals surface area contributed by atoms with Crippen molar-refractivity contribution >= 4 is 11.4 Å². The number of hydrogen-bond donors (Lipinski definition) is 1. The minimum atomic E-state index is 0.224. The van der Waals surface area contributed by atoms with Crippen molar-refractivity contribution in [2.24, 2.45) is 10.2 Å². The third-order valence-electron chi connectivity index (χ3n) is 4.04. The molecule has 0 amide bonds. The van der Waals surface area contributed by atoms with E-state index in [0.717, 1.165) is 30.0 Å². The topological polar surface area (TPSA) is 54.2 Å². The maximum absolute atomic E-state index is 9.27. The van der Waals surface area contributed by atoms with Crippen LogP contribution in [0.3, 0.4) is 0 Å². The lowest BCUT2D eigenvalue weighted by Crippen LogP contribution is -1.98. The van der Waals surface area contributed by atoms with E-state index in [1.54, 1.807) is 24.3 Å². The van der Waals surface area contributed by atoms with Crippen LogP contribution in [0.4, 0.5) is 11.4 Å². The Morgan fingerprint density at radius 3 is 2.20 bits per heavy atom. The molecule has 0 aliphatic heterocycles. The van der Waals surface area contributed by atoms with Crippen LogP contribution in [0, 0.1) is 6.92 Å². The Balaban J connectivity index is 1.80. The van der Waals surface area contributed by atoms with Crippen LogP contribution < -0.4 is 4.74 Å². The summed E-state index contributed by atoms with van der Waals surface area (Å²) in [7, 11) is 0. The van der Waals surface area contributed by atoms with Crippen LogP contribution in [0.1, 0.15) is 51.0 Å². The molecule has 0 atom stereocenters. The highest BCUT2D eigenvalue weighted by atomic mass is 16.5. The molecule has 2 aromatic rings. The summed E-state index contributed by atoms with van der Waals surface area (Å²) in [4.78, 5) is 0. The summed E-state index contributed by atoms with van der Waals surface area (Å²) < 4.78 is 5.87. The van der Waals surface area contributed by atoms with Gasteiger partial charge in [0.2, 0.25) is 0 Å². The van der Waals surface area contributed by atoms with Crippen molar-refractivity contribution in [1.82, 2.24) is 0 Å². The molecular formula is C21H28N2O2. The second-order valence-corrected chi connectivity index (χ2v) is 6.28. The van der Waals surface area contributed by atoms with Crippen LogP contribution >= 0.6 is 0 Å². The highest BCUT2D eigenvalue weighted by Crippen LogP contribution is 2.26. The van der Waals surface area contributed by atoms with Crippen molar-refractivity contribution in [2.75, 3.05) is 6.61 Å². The molecule has 0 aliphatic carbocycles. The number of aromatic hydroxyl groups is 1. The van der Waals surface area contributed by atoms with Gasteiger partial charge < -0.3 is 9.84 Å². The van der Waals surface area contributed by atoms with Crippen molar-refractivity contribution in [3.8, 4) is 11.5 Å². The predicted octanol–water partition coefficient (Wildman–Crippen LogP) is 6.86. The molecule has 0 aromatic heterocycles. The summed E-state index contributed by atoms with van der Waals surface area (Å²) in [5, 5.41) is 17.7. The molecule has 4 nitrogen and oxygen atoms in total. The van der Waals surface area contributed by atoms with Gasteiger partial charge in [0.25, 0.3) is 0 Å². The Bertz CT molecular complexity index is 666. The zero-order valence-corrected chi connectivity index (χ0v) is 15.2. The van der Waals surface area contributed by atoms with Crippen LogP contribution in [0.5, 0.6) is 11.5 Å². The summed E-state index contributed by atoms with van der Waals surface area (Å²) in [5.41, 5.74) is 2.56. The molecule has 0 saturated carbocycles. The molecule has 0 bridgehead atoms. The molecule has 0 unspecified atom stereocenters. The number of phenolic OH excluding ortho intramolecular Hbond substituents is 1. The smallest absolute Gasteiger partial charge is 0.122 e. The molecule has 134 valence electrons. The number of unbranched alkanes of at least 4 members (excludes halogenated alkanes) is 5. The molecule has 0 aliphatic rings. The SMILES string of the molecule is CCCCCCCCOc1ccc(N=Nc2ccc(O)cc2)cc1C. The van der Waals surface area contributed by atoms with Gasteiger partial charge in [-0.05, 0) is 61.4 Å². The van der Waals surface area contributed by atoms with E-state index in [0.29, 0.717) is 5.69 Å². The third-order valence-corrected chi connectivity index (χ3v) is 4.04. The highest BCUT2D eigenvalue weighted by Gasteiger charge is 2.01. The lowest BCUT2D eigenvalue weighted by molar-refractivity contribution is 0.302. The number of phenols is 1. The second kappa shape index (κ2) is 10.5. The van der Waals surface area contributed by atoms with Crippen molar-refractivity contribution < 1.29 is 9.84 Å². The van der Waals surface area contributed by atoms with E-state index in [2.05, 4.69) is 17.2 Å². The molecule has 2 rings (SSSR count). The standard InChI is InChI=1S/C21H28N2O2/c1-3-4-5-6-7-8-15-25-21-14-11-19(16-17(21)2)23-22-18-9-12-20(24)13-10-18/h9-14,16,24H,3-8,15H2,1-2H3. The van der Waals surface area contributed by atoms with Gasteiger partial charge in [0.1, 0.15) is 11.5 Å². The molecular weight excluding hydrogens is 312 g/mol. The Kier molecular flexibility index (Phi) is 7.96. The maximum Gasteiger partial charge on any atom is 0.122 e. The second-order valence-electron chi connectivity index (χ2n) is 6.28. The van der Waals surface area contributed by atoms with Gasteiger partial charge in [-0.15, -0.1) is 0 Å². The largest absolute Gasteiger partial charge is 0.508 e. The number of nitrogens with zero attached hydrogens (tertiary/aromatic N) is 2. The highest BCUT2D eigenvalue weighted by molar-refractivity contribution is 5.47. The zero-order valence-electron chi connectivity index (χ0n) is 15.2. The number of rotatable bonds is 10. The van der Waals surface area contributed by atoms with Gasteiger partial charge in [0, 0.05) is 0 Å². The van der Waals surface area contributed by atoms with Crippen molar-refractivity contribution in [1.29, 1.82) is 0 Å². The minimum absolute atomic E-state index is 0.224. The summed E-state index contributed by atoms with van der Waals surface area (Å²) in [5.74, 6) is 1.14. The van der Waals surface area contributed by atoms with E-state index in [4.69, 9.17) is 4.74 Å². The van der Waals surface area contributed by atoms with Gasteiger partial charge in [0.15, 0.2) is 0 Å². The van der Waals surface area contributed by atoms with E-state index in [1.165, 1.54) is 32.1 Å². The normalized spacial score (nSPS) is 11.1. The molecule has 4 heteroatoms. The van der Waals surface area contributed by atoms with Crippen LogP contribution in [0.2, 0.25) is 0 Å². The van der Waals surface area contributed by atoms with Crippen molar-refractivity contribution in [3.05, 3.63) is 48.0 Å². The van der Waals surface area contributed by atoms with Crippen LogP contribution in [-0.4, -0.2) is 11.7 Å². The fraction of sp³-hybridized carbons (Fsp3) is 0.429. The van der Waals surface area contributed by atoms with Gasteiger partial charge in [-0.1, -0.05) is 39.0 Å². The average Bonchev–Trinajstić information content (AvgIpc) is 2.62. The zero-order chi connectivity index (χ0) is 17.9. The monoisotopic (exact) mass is 340 g/mol. The molecule has 0 heterocycles. The molecule has 0 radical (unpaired) electrons. The first-order chi connectivity index (χ1) is 12.2. The Morgan fingerprint density at radius 1 is 0.840 bits per heavy atom. The fourth-order valence-electron chi connectivity index (χ4n) is 2.56. The van der Waals surface area contributed by atoms with Crippen LogP contribution in [-0.2, 0) is 0 Å². The molecule has 1 N–H and O–H groups in total. The van der Waals surface area contributed by atoms with E-state index in [-0.39, 0.29) is 5.75 Å². The molecule has 25 heavy (non-hydrogen) atoms. The van der Waals surface area contributed by atoms with Gasteiger partial charge in [-0.2, -0.15) is 10.2 Å². The van der Waals surface area contributed by atoms with Crippen LogP contribution in [0.15, 0.2) is 52.7 Å². The number of hydrogen-bond acceptors (Lipinski definition) is 4. The van der Waals surface area contributed by atoms with Gasteiger partial charge in [-0.3, -0.25) is 0 Å². The summed E-state index contributed by atoms with van der Waals surface area (Å²) in [6.45, 7) is 5.03. The molecule has 0 spiro atoms. The molecule has 0 fully saturated rings. The van der Waals surface area contributed by atoms with E-state index in [9.17, 15) is 5.11 Å². The maximum atomic E-state index is 9.27. The lowest BCUT2D eigenvalue weighted by atomic mass is 10.1. The number of ether oxygens (including phenoxy) is 1. The van der Waals surface area contributed by atoms with Gasteiger partial charge in [0.05, 0.1) is 18.0 Å². The summed E-state index contributed by atoms with van der Waals surface area (Å²) in [6.07, 6.45) is 7.58. The van der Waals surface area contributed by atoms with E-state index < -0.39 is 0 Å². The van der Waals surface area contributed by atoms with Crippen molar-refractivity contribution in [3.63, 3.8) is 0 Å². The average molecular weight is 340 g/mol. The van der Waals surface area contributed by atoms with Gasteiger partial charge in [-0.25, -0.2) is 0 Å². The number of benzene rings is 2. The Morgan fingerprint density at radius 2 is 1.48 bits per heavy atom. The first-order valence-corrected chi connectivity index (χ1v) is 9.13. The van der Waals surface area contributed by atoms with E-state index in [1.807, 2.05) is 25.1 Å². The summed E-state index contributed by atoms with van der Waals surface area (Å²) >= 11 is 0. The van der Waals surface area contributed by atoms with E-state index >= 15 is 0 Å². The quantitative estimate of drug-likeness (QED) is 0.379. The number of aryl methyl sites for hydroxylation is 1. The molecule has 0 saturated heterocycles. The van der Waals surface area contributed by atoms with Crippen molar-refractivity contribution in [2.45, 2.75) is 52.4 Å². The predicted molar refractivity (Wildman–Crippen MR) is 102 cm³/mol. The first kappa shape index (κ1) is 19.0. The Labute approximate surface area is 150 Å². The fourth-order valence-corrected chi connectivity index (χ4v) is 2.56. The van der Waals surface area contributed by atoms with Gasteiger partial charge >= 0.3 is 0 Å². The third kappa shape index (κ3) is 6.96. The lowest BCUT2D eigenvalue weighted by Gasteiger charge is -2.09. The van der Waals surface area contributed by atoms with Crippen LogP contribution in [0.25, 0.3) is 0 Å². The summed E-state index contributed by atoms with van der Waals surface area (Å²) in [6, 6.07) is 12.5. The Hall–Kier alpha value is -2.36. The number of azo groups is 1. The first-order valence-electron chi connectivity index (χ1n) is 9.13.